The molecule has 5 heteroatoms. The zero-order valence-corrected chi connectivity index (χ0v) is 12.3. The highest BCUT2D eigenvalue weighted by Crippen LogP contribution is 2.35. The first-order valence-electron chi connectivity index (χ1n) is 6.44. The normalized spacial score (nSPS) is 14.8. The van der Waals surface area contributed by atoms with Crippen molar-refractivity contribution in [3.8, 4) is 0 Å². The van der Waals surface area contributed by atoms with Crippen LogP contribution in [0.15, 0.2) is 4.52 Å². The lowest BCUT2D eigenvalue weighted by atomic mass is 9.88. The highest BCUT2D eigenvalue weighted by atomic mass is 16.5. The quantitative estimate of drug-likeness (QED) is 0.875. The van der Waals surface area contributed by atoms with Gasteiger partial charge in [-0.05, 0) is 18.3 Å². The van der Waals surface area contributed by atoms with E-state index in [1.165, 1.54) is 0 Å². The predicted octanol–water partition coefficient (Wildman–Crippen LogP) is 2.78. The second kappa shape index (κ2) is 5.36. The van der Waals surface area contributed by atoms with Crippen LogP contribution in [0.4, 0.5) is 0 Å². The molecule has 1 heterocycles. The van der Waals surface area contributed by atoms with Gasteiger partial charge in [0, 0.05) is 7.11 Å². The van der Waals surface area contributed by atoms with Gasteiger partial charge in [0.25, 0.3) is 0 Å². The van der Waals surface area contributed by atoms with Crippen molar-refractivity contribution in [2.75, 3.05) is 7.11 Å². The van der Waals surface area contributed by atoms with Gasteiger partial charge in [0.2, 0.25) is 11.7 Å². The molecule has 1 atom stereocenters. The summed E-state index contributed by atoms with van der Waals surface area (Å²) in [7, 11) is 1.65. The maximum Gasteiger partial charge on any atom is 0.246 e. The molecule has 0 aliphatic carbocycles. The van der Waals surface area contributed by atoms with Crippen molar-refractivity contribution in [3.05, 3.63) is 11.7 Å². The third-order valence-electron chi connectivity index (χ3n) is 3.39. The fourth-order valence-corrected chi connectivity index (χ4v) is 1.94. The Morgan fingerprint density at radius 3 is 2.22 bits per heavy atom. The molecule has 0 saturated carbocycles. The highest BCUT2D eigenvalue weighted by molar-refractivity contribution is 5.04. The number of nitrogens with zero attached hydrogens (tertiary/aromatic N) is 2. The van der Waals surface area contributed by atoms with E-state index >= 15 is 0 Å². The van der Waals surface area contributed by atoms with Crippen molar-refractivity contribution in [2.45, 2.75) is 59.1 Å². The number of ether oxygens (including phenoxy) is 1. The maximum absolute atomic E-state index is 6.24. The summed E-state index contributed by atoms with van der Waals surface area (Å²) in [4.78, 5) is 4.43. The Morgan fingerprint density at radius 2 is 1.83 bits per heavy atom. The highest BCUT2D eigenvalue weighted by Gasteiger charge is 2.34. The molecular weight excluding hydrogens is 230 g/mol. The minimum absolute atomic E-state index is 0.0917. The van der Waals surface area contributed by atoms with Gasteiger partial charge in [-0.3, -0.25) is 0 Å². The Kier molecular flexibility index (Phi) is 4.50. The monoisotopic (exact) mass is 255 g/mol. The van der Waals surface area contributed by atoms with Crippen LogP contribution in [0, 0.1) is 5.41 Å². The zero-order chi connectivity index (χ0) is 14.0. The standard InChI is InChI=1S/C13H25N3O2/c1-7-13(14,8-2)11-15-10(16-18-11)9(17-6)12(3,4)5/h9H,7-8,14H2,1-6H3. The molecule has 0 saturated heterocycles. The van der Waals surface area contributed by atoms with Gasteiger partial charge in [-0.25, -0.2) is 0 Å². The molecule has 1 aromatic rings. The molecule has 0 aromatic carbocycles. The number of methoxy groups -OCH3 is 1. The predicted molar refractivity (Wildman–Crippen MR) is 70.0 cm³/mol. The van der Waals surface area contributed by atoms with Gasteiger partial charge in [-0.2, -0.15) is 4.98 Å². The first-order chi connectivity index (χ1) is 8.28. The fraction of sp³-hybridized carbons (Fsp3) is 0.846. The van der Waals surface area contributed by atoms with Crippen LogP contribution in [0.1, 0.15) is 65.3 Å². The van der Waals surface area contributed by atoms with E-state index in [0.29, 0.717) is 11.7 Å². The van der Waals surface area contributed by atoms with Gasteiger partial charge in [0.05, 0.1) is 5.54 Å². The Labute approximate surface area is 109 Å². The first kappa shape index (κ1) is 15.1. The van der Waals surface area contributed by atoms with Crippen LogP contribution in [0.5, 0.6) is 0 Å². The van der Waals surface area contributed by atoms with Gasteiger partial charge in [-0.1, -0.05) is 39.8 Å². The van der Waals surface area contributed by atoms with E-state index in [0.717, 1.165) is 12.8 Å². The van der Waals surface area contributed by atoms with Crippen LogP contribution in [0.3, 0.4) is 0 Å². The topological polar surface area (TPSA) is 74.2 Å². The number of rotatable bonds is 5. The van der Waals surface area contributed by atoms with Crippen molar-refractivity contribution in [2.24, 2.45) is 11.1 Å². The van der Waals surface area contributed by atoms with Crippen LogP contribution in [-0.4, -0.2) is 17.3 Å². The molecular formula is C13H25N3O2. The SMILES string of the molecule is CCC(N)(CC)c1nc(C(OC)C(C)(C)C)no1. The number of nitrogens with two attached hydrogens (primary N) is 1. The second-order valence-electron chi connectivity index (χ2n) is 5.80. The zero-order valence-electron chi connectivity index (χ0n) is 12.3. The molecule has 0 aliphatic heterocycles. The van der Waals surface area contributed by atoms with E-state index in [1.807, 2.05) is 13.8 Å². The molecule has 18 heavy (non-hydrogen) atoms. The Morgan fingerprint density at radius 1 is 1.28 bits per heavy atom. The van der Waals surface area contributed by atoms with Crippen LogP contribution in [-0.2, 0) is 10.3 Å². The molecule has 0 aliphatic rings. The molecule has 1 unspecified atom stereocenters. The lowest BCUT2D eigenvalue weighted by Crippen LogP contribution is -2.35. The summed E-state index contributed by atoms with van der Waals surface area (Å²) in [5.74, 6) is 1.06. The first-order valence-corrected chi connectivity index (χ1v) is 6.44. The van der Waals surface area contributed by atoms with Gasteiger partial charge in [0.1, 0.15) is 6.10 Å². The van der Waals surface area contributed by atoms with Gasteiger partial charge in [-0.15, -0.1) is 0 Å². The summed E-state index contributed by atoms with van der Waals surface area (Å²) < 4.78 is 10.8. The van der Waals surface area contributed by atoms with Gasteiger partial charge < -0.3 is 15.0 Å². The summed E-state index contributed by atoms with van der Waals surface area (Å²) in [6.07, 6.45) is 1.32. The van der Waals surface area contributed by atoms with Crippen LogP contribution < -0.4 is 5.73 Å². The number of aromatic nitrogens is 2. The Bertz CT molecular complexity index is 378. The van der Waals surface area contributed by atoms with Gasteiger partial charge in [0.15, 0.2) is 0 Å². The van der Waals surface area contributed by atoms with Crippen molar-refractivity contribution in [1.29, 1.82) is 0 Å². The molecule has 5 nitrogen and oxygen atoms in total. The number of hydrogen-bond donors (Lipinski definition) is 1. The van der Waals surface area contributed by atoms with E-state index in [2.05, 4.69) is 30.9 Å². The van der Waals surface area contributed by atoms with E-state index in [-0.39, 0.29) is 11.5 Å². The van der Waals surface area contributed by atoms with Crippen molar-refractivity contribution in [3.63, 3.8) is 0 Å². The summed E-state index contributed by atoms with van der Waals surface area (Å²) in [5, 5.41) is 4.02. The van der Waals surface area contributed by atoms with E-state index < -0.39 is 5.54 Å². The van der Waals surface area contributed by atoms with Crippen LogP contribution in [0.2, 0.25) is 0 Å². The van der Waals surface area contributed by atoms with E-state index in [9.17, 15) is 0 Å². The Balaban J connectivity index is 3.06. The minimum atomic E-state index is -0.540. The van der Waals surface area contributed by atoms with Crippen molar-refractivity contribution >= 4 is 0 Å². The lowest BCUT2D eigenvalue weighted by molar-refractivity contribution is 0.00718. The smallest absolute Gasteiger partial charge is 0.246 e. The van der Waals surface area contributed by atoms with Crippen LogP contribution in [0.25, 0.3) is 0 Å². The van der Waals surface area contributed by atoms with Crippen LogP contribution >= 0.6 is 0 Å². The van der Waals surface area contributed by atoms with Gasteiger partial charge >= 0.3 is 0 Å². The van der Waals surface area contributed by atoms with Crippen molar-refractivity contribution < 1.29 is 9.26 Å². The average molecular weight is 255 g/mol. The molecule has 104 valence electrons. The molecule has 0 spiro atoms. The molecule has 1 rings (SSSR count). The summed E-state index contributed by atoms with van der Waals surface area (Å²) in [6, 6.07) is 0. The lowest BCUT2D eigenvalue weighted by Gasteiger charge is -2.26. The third kappa shape index (κ3) is 2.90. The number of hydrogen-bond acceptors (Lipinski definition) is 5. The molecule has 0 amide bonds. The second-order valence-corrected chi connectivity index (χ2v) is 5.80. The third-order valence-corrected chi connectivity index (χ3v) is 3.39. The average Bonchev–Trinajstić information content (AvgIpc) is 2.77. The molecule has 0 bridgehead atoms. The molecule has 0 radical (unpaired) electrons. The summed E-state index contributed by atoms with van der Waals surface area (Å²) in [5.41, 5.74) is 5.61. The van der Waals surface area contributed by atoms with Crippen molar-refractivity contribution in [1.82, 2.24) is 10.1 Å². The summed E-state index contributed by atoms with van der Waals surface area (Å²) in [6.45, 7) is 10.3. The Hall–Kier alpha value is -0.940. The molecule has 0 fully saturated rings. The minimum Gasteiger partial charge on any atom is -0.373 e. The molecule has 1 aromatic heterocycles. The summed E-state index contributed by atoms with van der Waals surface area (Å²) >= 11 is 0. The maximum atomic E-state index is 6.24. The van der Waals surface area contributed by atoms with E-state index in [4.69, 9.17) is 15.0 Å². The van der Waals surface area contributed by atoms with E-state index in [1.54, 1.807) is 7.11 Å². The fourth-order valence-electron chi connectivity index (χ4n) is 1.94. The largest absolute Gasteiger partial charge is 0.373 e. The molecule has 2 N–H and O–H groups in total.